The summed E-state index contributed by atoms with van der Waals surface area (Å²) in [6.07, 6.45) is -0.0113. The lowest BCUT2D eigenvalue weighted by Gasteiger charge is -2.23. The lowest BCUT2D eigenvalue weighted by atomic mass is 9.86. The van der Waals surface area contributed by atoms with Crippen molar-refractivity contribution >= 4 is 11.8 Å². The molecule has 0 unspecified atom stereocenters. The molecule has 2 aromatic carbocycles. The highest BCUT2D eigenvalue weighted by atomic mass is 19.1. The van der Waals surface area contributed by atoms with E-state index >= 15 is 0 Å². The van der Waals surface area contributed by atoms with Gasteiger partial charge in [-0.25, -0.2) is 4.39 Å². The normalized spacial score (nSPS) is 22.0. The molecular formula is C24H28FN3O4. The number of rotatable bonds is 7. The molecule has 170 valence electrons. The predicted molar refractivity (Wildman–Crippen MR) is 118 cm³/mol. The molecule has 0 aromatic heterocycles. The number of ether oxygens (including phenoxy) is 2. The molecule has 32 heavy (non-hydrogen) atoms. The van der Waals surface area contributed by atoms with Crippen molar-refractivity contribution in [3.8, 4) is 5.75 Å². The van der Waals surface area contributed by atoms with Gasteiger partial charge in [0.15, 0.2) is 0 Å². The number of nitrogens with one attached hydrogen (secondary N) is 3. The molecule has 0 saturated carbocycles. The standard InChI is InChI=1S/C24H28FN3O4/c1-26-24(30)19-12-16(23(29)28-8-7-17-14-27-9-10-31-17)11-18-21(15-5-3-2-4-6-15)20(13-25)32-22(18)19/h2-6,11-12,17,20-21,27H,7-10,13-14H2,1H3,(H,26,30)(H,28,29)/t17-,20-,21+/m1/s1. The number of carbonyl (C=O) groups excluding carboxylic acids is 2. The minimum atomic E-state index is -0.759. The minimum Gasteiger partial charge on any atom is -0.486 e. The number of alkyl halides is 1. The van der Waals surface area contributed by atoms with Gasteiger partial charge in [-0.1, -0.05) is 30.3 Å². The van der Waals surface area contributed by atoms with Gasteiger partial charge in [0, 0.05) is 37.8 Å². The van der Waals surface area contributed by atoms with Gasteiger partial charge in [-0.3, -0.25) is 9.59 Å². The first-order valence-corrected chi connectivity index (χ1v) is 10.9. The minimum absolute atomic E-state index is 0.0617. The van der Waals surface area contributed by atoms with E-state index in [4.69, 9.17) is 9.47 Å². The molecule has 2 aromatic rings. The van der Waals surface area contributed by atoms with Crippen LogP contribution in [-0.4, -0.2) is 64.0 Å². The Hall–Kier alpha value is -2.97. The van der Waals surface area contributed by atoms with Crippen LogP contribution in [0.2, 0.25) is 0 Å². The predicted octanol–water partition coefficient (Wildman–Crippen LogP) is 2.02. The quantitative estimate of drug-likeness (QED) is 0.612. The Bertz CT molecular complexity index is 963. The van der Waals surface area contributed by atoms with Crippen LogP contribution in [0.3, 0.4) is 0 Å². The van der Waals surface area contributed by atoms with Crippen LogP contribution in [0.4, 0.5) is 4.39 Å². The maximum atomic E-state index is 13.9. The lowest BCUT2D eigenvalue weighted by Crippen LogP contribution is -2.40. The highest BCUT2D eigenvalue weighted by molar-refractivity contribution is 6.02. The number of carbonyl (C=O) groups is 2. The van der Waals surface area contributed by atoms with Gasteiger partial charge < -0.3 is 25.4 Å². The highest BCUT2D eigenvalue weighted by Crippen LogP contribution is 2.45. The largest absolute Gasteiger partial charge is 0.486 e. The molecule has 3 N–H and O–H groups in total. The Kier molecular flexibility index (Phi) is 7.02. The zero-order chi connectivity index (χ0) is 22.5. The van der Waals surface area contributed by atoms with Crippen LogP contribution >= 0.6 is 0 Å². The van der Waals surface area contributed by atoms with Crippen LogP contribution in [0.1, 0.15) is 44.2 Å². The number of halogens is 1. The number of amides is 2. The molecule has 2 aliphatic heterocycles. The van der Waals surface area contributed by atoms with E-state index in [9.17, 15) is 14.0 Å². The molecule has 0 radical (unpaired) electrons. The van der Waals surface area contributed by atoms with Crippen molar-refractivity contribution in [3.05, 3.63) is 64.7 Å². The summed E-state index contributed by atoms with van der Waals surface area (Å²) in [6, 6.07) is 12.7. The van der Waals surface area contributed by atoms with Gasteiger partial charge in [-0.2, -0.15) is 0 Å². The summed E-state index contributed by atoms with van der Waals surface area (Å²) in [7, 11) is 1.51. The van der Waals surface area contributed by atoms with Crippen molar-refractivity contribution in [3.63, 3.8) is 0 Å². The van der Waals surface area contributed by atoms with E-state index in [-0.39, 0.29) is 23.5 Å². The van der Waals surface area contributed by atoms with Gasteiger partial charge in [0.2, 0.25) is 0 Å². The second-order valence-corrected chi connectivity index (χ2v) is 7.96. The maximum Gasteiger partial charge on any atom is 0.254 e. The molecule has 8 heteroatoms. The van der Waals surface area contributed by atoms with Crippen LogP contribution in [0, 0.1) is 0 Å². The molecule has 2 aliphatic rings. The fourth-order valence-corrected chi connectivity index (χ4v) is 4.30. The first-order valence-electron chi connectivity index (χ1n) is 10.9. The van der Waals surface area contributed by atoms with E-state index in [1.54, 1.807) is 6.07 Å². The number of hydrogen-bond acceptors (Lipinski definition) is 5. The monoisotopic (exact) mass is 441 g/mol. The Balaban J connectivity index is 1.61. The van der Waals surface area contributed by atoms with Crippen LogP contribution < -0.4 is 20.7 Å². The first-order chi connectivity index (χ1) is 15.6. The molecule has 4 rings (SSSR count). The first kappa shape index (κ1) is 22.2. The molecule has 2 amide bonds. The zero-order valence-electron chi connectivity index (χ0n) is 18.0. The van der Waals surface area contributed by atoms with Gasteiger partial charge in [0.1, 0.15) is 18.5 Å². The summed E-state index contributed by atoms with van der Waals surface area (Å²) in [5, 5.41) is 8.75. The lowest BCUT2D eigenvalue weighted by molar-refractivity contribution is 0.0239. The molecule has 1 saturated heterocycles. The summed E-state index contributed by atoms with van der Waals surface area (Å²) in [4.78, 5) is 25.5. The van der Waals surface area contributed by atoms with Crippen LogP contribution in [-0.2, 0) is 4.74 Å². The Labute approximate surface area is 186 Å². The van der Waals surface area contributed by atoms with Crippen molar-refractivity contribution in [2.75, 3.05) is 40.0 Å². The number of fused-ring (bicyclic) bond motifs is 1. The third kappa shape index (κ3) is 4.61. The fourth-order valence-electron chi connectivity index (χ4n) is 4.30. The van der Waals surface area contributed by atoms with Crippen molar-refractivity contribution in [2.45, 2.75) is 24.5 Å². The molecule has 2 heterocycles. The van der Waals surface area contributed by atoms with Gasteiger partial charge in [-0.05, 0) is 24.1 Å². The fraction of sp³-hybridized carbons (Fsp3) is 0.417. The zero-order valence-corrected chi connectivity index (χ0v) is 18.0. The molecule has 3 atom stereocenters. The van der Waals surface area contributed by atoms with E-state index in [2.05, 4.69) is 16.0 Å². The highest BCUT2D eigenvalue weighted by Gasteiger charge is 2.39. The van der Waals surface area contributed by atoms with E-state index in [0.29, 0.717) is 36.4 Å². The van der Waals surface area contributed by atoms with E-state index in [1.807, 2.05) is 30.3 Å². The number of hydrogen-bond donors (Lipinski definition) is 3. The van der Waals surface area contributed by atoms with Crippen LogP contribution in [0.5, 0.6) is 5.75 Å². The van der Waals surface area contributed by atoms with E-state index in [0.717, 1.165) is 18.7 Å². The molecule has 0 spiro atoms. The average Bonchev–Trinajstić information content (AvgIpc) is 3.22. The van der Waals surface area contributed by atoms with E-state index in [1.165, 1.54) is 13.1 Å². The van der Waals surface area contributed by atoms with Gasteiger partial charge >= 0.3 is 0 Å². The van der Waals surface area contributed by atoms with Gasteiger partial charge in [0.25, 0.3) is 11.8 Å². The summed E-state index contributed by atoms with van der Waals surface area (Å²) in [5.41, 5.74) is 2.09. The second-order valence-electron chi connectivity index (χ2n) is 7.96. The molecule has 0 aliphatic carbocycles. The summed E-state index contributed by atoms with van der Waals surface area (Å²) < 4.78 is 25.4. The van der Waals surface area contributed by atoms with Gasteiger partial charge in [0.05, 0.1) is 24.2 Å². The molecule has 0 bridgehead atoms. The maximum absolute atomic E-state index is 13.9. The van der Waals surface area contributed by atoms with Crippen molar-refractivity contribution < 1.29 is 23.5 Å². The number of morpholine rings is 1. The molecule has 7 nitrogen and oxygen atoms in total. The number of benzene rings is 2. The van der Waals surface area contributed by atoms with Crippen molar-refractivity contribution in [2.24, 2.45) is 0 Å². The molecular weight excluding hydrogens is 413 g/mol. The SMILES string of the molecule is CNC(=O)c1cc(C(=O)NCC[C@@H]2CNCCO2)cc2c1O[C@H](CF)[C@H]2c1ccccc1. The average molecular weight is 442 g/mol. The summed E-state index contributed by atoms with van der Waals surface area (Å²) in [6.45, 7) is 2.00. The van der Waals surface area contributed by atoms with Crippen molar-refractivity contribution in [1.82, 2.24) is 16.0 Å². The third-order valence-corrected chi connectivity index (χ3v) is 5.89. The van der Waals surface area contributed by atoms with E-state index < -0.39 is 18.7 Å². The Morgan fingerprint density at radius 3 is 2.69 bits per heavy atom. The summed E-state index contributed by atoms with van der Waals surface area (Å²) in [5.74, 6) is -0.755. The molecule has 1 fully saturated rings. The smallest absolute Gasteiger partial charge is 0.254 e. The van der Waals surface area contributed by atoms with Crippen molar-refractivity contribution in [1.29, 1.82) is 0 Å². The Morgan fingerprint density at radius 2 is 2.00 bits per heavy atom. The topological polar surface area (TPSA) is 88.7 Å². The van der Waals surface area contributed by atoms with Crippen LogP contribution in [0.25, 0.3) is 0 Å². The third-order valence-electron chi connectivity index (χ3n) is 5.89. The van der Waals surface area contributed by atoms with Crippen LogP contribution in [0.15, 0.2) is 42.5 Å². The Morgan fingerprint density at radius 1 is 1.19 bits per heavy atom. The second kappa shape index (κ2) is 10.1. The van der Waals surface area contributed by atoms with Gasteiger partial charge in [-0.15, -0.1) is 0 Å². The summed E-state index contributed by atoms with van der Waals surface area (Å²) >= 11 is 0.